The lowest BCUT2D eigenvalue weighted by molar-refractivity contribution is -0.0454. The summed E-state index contributed by atoms with van der Waals surface area (Å²) >= 11 is 0. The summed E-state index contributed by atoms with van der Waals surface area (Å²) in [5, 5.41) is 9.96. The molecule has 1 spiro atoms. The summed E-state index contributed by atoms with van der Waals surface area (Å²) in [5.74, 6) is 1.50. The van der Waals surface area contributed by atoms with E-state index in [1.807, 2.05) is 70.2 Å². The van der Waals surface area contributed by atoms with Crippen molar-refractivity contribution in [2.24, 2.45) is 5.41 Å². The number of benzene rings is 2. The van der Waals surface area contributed by atoms with Crippen molar-refractivity contribution in [2.75, 3.05) is 51.6 Å². The highest BCUT2D eigenvalue weighted by Crippen LogP contribution is 2.46. The average molecular weight is 507 g/mol. The lowest BCUT2D eigenvalue weighted by Gasteiger charge is -2.60. The molecule has 1 aromatic heterocycles. The number of aromatic nitrogens is 2. The van der Waals surface area contributed by atoms with E-state index in [1.165, 1.54) is 0 Å². The molecule has 0 N–H and O–H groups in total. The number of fused-ring (bicyclic) bond motifs is 1. The molecule has 1 amide bonds. The van der Waals surface area contributed by atoms with Crippen LogP contribution in [0.3, 0.4) is 0 Å². The summed E-state index contributed by atoms with van der Waals surface area (Å²) < 4.78 is 22.3. The largest absolute Gasteiger partial charge is 0.492 e. The van der Waals surface area contributed by atoms with Gasteiger partial charge in [0.15, 0.2) is 6.79 Å². The minimum Gasteiger partial charge on any atom is -0.492 e. The fourth-order valence-electron chi connectivity index (χ4n) is 4.99. The zero-order valence-corrected chi connectivity index (χ0v) is 22.1. The molecule has 9 nitrogen and oxygen atoms in total. The molecule has 2 fully saturated rings. The molecule has 3 aromatic rings. The average Bonchev–Trinajstić information content (AvgIpc) is 2.80. The van der Waals surface area contributed by atoms with Crippen molar-refractivity contribution >= 4 is 22.7 Å². The van der Waals surface area contributed by atoms with Gasteiger partial charge in [-0.3, -0.25) is 0 Å². The highest BCUT2D eigenvalue weighted by atomic mass is 16.7. The molecular formula is C28H34N4O5. The van der Waals surface area contributed by atoms with Crippen LogP contribution in [0.5, 0.6) is 11.5 Å². The molecule has 0 saturated carbocycles. The molecule has 0 bridgehead atoms. The van der Waals surface area contributed by atoms with Gasteiger partial charge in [-0.1, -0.05) is 12.1 Å². The minimum absolute atomic E-state index is 0.108. The molecule has 9 heteroatoms. The third-order valence-corrected chi connectivity index (χ3v) is 6.56. The summed E-state index contributed by atoms with van der Waals surface area (Å²) in [7, 11) is 1.59. The summed E-state index contributed by atoms with van der Waals surface area (Å²) in [6, 6.07) is 13.8. The Hall–Kier alpha value is -3.59. The normalized spacial score (nSPS) is 16.4. The van der Waals surface area contributed by atoms with Crippen LogP contribution in [-0.4, -0.2) is 73.5 Å². The third-order valence-electron chi connectivity index (χ3n) is 6.56. The zero-order valence-electron chi connectivity index (χ0n) is 22.1. The quantitative estimate of drug-likeness (QED) is 0.425. The number of methoxy groups -OCH3 is 1. The van der Waals surface area contributed by atoms with Crippen molar-refractivity contribution in [3.8, 4) is 22.8 Å². The fraction of sp³-hybridized carbons (Fsp3) is 0.464. The number of para-hydroxylation sites is 1. The first-order chi connectivity index (χ1) is 17.7. The number of carbonyl (C=O) groups is 1. The van der Waals surface area contributed by atoms with E-state index < -0.39 is 5.60 Å². The van der Waals surface area contributed by atoms with E-state index in [4.69, 9.17) is 18.9 Å². The van der Waals surface area contributed by atoms with Crippen molar-refractivity contribution < 1.29 is 23.7 Å². The Morgan fingerprint density at radius 1 is 1.00 bits per heavy atom. The van der Waals surface area contributed by atoms with E-state index in [0.29, 0.717) is 31.1 Å². The molecular weight excluding hydrogens is 472 g/mol. The van der Waals surface area contributed by atoms with Gasteiger partial charge in [0.05, 0.1) is 23.5 Å². The monoisotopic (exact) mass is 506 g/mol. The zero-order chi connectivity index (χ0) is 26.2. The molecule has 2 aromatic carbocycles. The SMILES string of the molecule is CCOc1cc2cc(-c3ccccc3OCOC)nnc2cc1N1CC2(CN(C(=O)OC(C)(C)C)C2)C1. The summed E-state index contributed by atoms with van der Waals surface area (Å²) in [4.78, 5) is 16.4. The number of amides is 1. The van der Waals surface area contributed by atoms with Gasteiger partial charge in [-0.15, -0.1) is 10.2 Å². The molecule has 37 heavy (non-hydrogen) atoms. The maximum atomic E-state index is 12.3. The Morgan fingerprint density at radius 2 is 1.76 bits per heavy atom. The summed E-state index contributed by atoms with van der Waals surface area (Å²) in [6.07, 6.45) is -0.238. The molecule has 2 aliphatic rings. The van der Waals surface area contributed by atoms with Gasteiger partial charge in [-0.2, -0.15) is 0 Å². The molecule has 0 aliphatic carbocycles. The van der Waals surface area contributed by atoms with E-state index >= 15 is 0 Å². The minimum atomic E-state index is -0.483. The van der Waals surface area contributed by atoms with Gasteiger partial charge in [0.1, 0.15) is 17.1 Å². The van der Waals surface area contributed by atoms with Gasteiger partial charge in [0.2, 0.25) is 0 Å². The first-order valence-electron chi connectivity index (χ1n) is 12.6. The molecule has 196 valence electrons. The number of nitrogens with zero attached hydrogens (tertiary/aromatic N) is 4. The van der Waals surface area contributed by atoms with Crippen LogP contribution in [0.15, 0.2) is 42.5 Å². The Morgan fingerprint density at radius 3 is 2.46 bits per heavy atom. The van der Waals surface area contributed by atoms with Crippen molar-refractivity contribution in [1.82, 2.24) is 15.1 Å². The number of hydrogen-bond acceptors (Lipinski definition) is 8. The predicted molar refractivity (Wildman–Crippen MR) is 141 cm³/mol. The summed E-state index contributed by atoms with van der Waals surface area (Å²) in [6.45, 7) is 11.5. The lowest BCUT2D eigenvalue weighted by atomic mass is 9.72. The Balaban J connectivity index is 1.34. The number of hydrogen-bond donors (Lipinski definition) is 0. The van der Waals surface area contributed by atoms with Crippen LogP contribution in [0.1, 0.15) is 27.7 Å². The molecule has 2 aliphatic heterocycles. The van der Waals surface area contributed by atoms with Crippen molar-refractivity contribution in [1.29, 1.82) is 0 Å². The number of likely N-dealkylation sites (tertiary alicyclic amines) is 1. The van der Waals surface area contributed by atoms with E-state index in [1.54, 1.807) is 12.0 Å². The summed E-state index contributed by atoms with van der Waals surface area (Å²) in [5.41, 5.74) is 2.98. The van der Waals surface area contributed by atoms with E-state index in [9.17, 15) is 4.79 Å². The van der Waals surface area contributed by atoms with Crippen LogP contribution in [0.25, 0.3) is 22.2 Å². The molecule has 2 saturated heterocycles. The van der Waals surface area contributed by atoms with Gasteiger partial charge in [-0.05, 0) is 58.0 Å². The van der Waals surface area contributed by atoms with Crippen molar-refractivity contribution in [3.63, 3.8) is 0 Å². The maximum Gasteiger partial charge on any atom is 0.410 e. The van der Waals surface area contributed by atoms with Gasteiger partial charge in [-0.25, -0.2) is 4.79 Å². The first-order valence-corrected chi connectivity index (χ1v) is 12.6. The molecule has 0 atom stereocenters. The van der Waals surface area contributed by atoms with E-state index in [-0.39, 0.29) is 18.3 Å². The first kappa shape index (κ1) is 25.1. The van der Waals surface area contributed by atoms with Crippen LogP contribution in [0, 0.1) is 5.41 Å². The number of rotatable bonds is 7. The van der Waals surface area contributed by atoms with Crippen LogP contribution < -0.4 is 14.4 Å². The van der Waals surface area contributed by atoms with Crippen LogP contribution in [-0.2, 0) is 9.47 Å². The standard InChI is InChI=1S/C28H34N4O5/c1-6-35-25-12-19-11-22(20-9-7-8-10-24(20)36-18-34-5)30-29-21(19)13-23(25)31-14-28(15-31)16-32(17-28)26(33)37-27(2,3)4/h7-13H,6,14-18H2,1-5H3. The van der Waals surface area contributed by atoms with Crippen LogP contribution in [0.2, 0.25) is 0 Å². The Bertz CT molecular complexity index is 1290. The highest BCUT2D eigenvalue weighted by Gasteiger charge is 2.54. The van der Waals surface area contributed by atoms with Gasteiger partial charge in [0, 0.05) is 49.7 Å². The Kier molecular flexibility index (Phi) is 6.58. The molecule has 0 unspecified atom stereocenters. The highest BCUT2D eigenvalue weighted by molar-refractivity contribution is 5.89. The molecule has 3 heterocycles. The van der Waals surface area contributed by atoms with Gasteiger partial charge >= 0.3 is 6.09 Å². The molecule has 0 radical (unpaired) electrons. The topological polar surface area (TPSA) is 86.3 Å². The van der Waals surface area contributed by atoms with Crippen molar-refractivity contribution in [2.45, 2.75) is 33.3 Å². The fourth-order valence-corrected chi connectivity index (χ4v) is 4.99. The van der Waals surface area contributed by atoms with Crippen LogP contribution >= 0.6 is 0 Å². The third kappa shape index (κ3) is 5.13. The predicted octanol–water partition coefficient (Wildman–Crippen LogP) is 4.74. The Labute approximate surface area is 217 Å². The number of anilines is 1. The second kappa shape index (κ2) is 9.70. The lowest BCUT2D eigenvalue weighted by Crippen LogP contribution is -2.73. The maximum absolute atomic E-state index is 12.3. The van der Waals surface area contributed by atoms with E-state index in [2.05, 4.69) is 15.1 Å². The van der Waals surface area contributed by atoms with Crippen molar-refractivity contribution in [3.05, 3.63) is 42.5 Å². The van der Waals surface area contributed by atoms with Gasteiger partial charge in [0.25, 0.3) is 0 Å². The van der Waals surface area contributed by atoms with Gasteiger partial charge < -0.3 is 28.7 Å². The number of ether oxygens (including phenoxy) is 4. The second-order valence-corrected chi connectivity index (χ2v) is 10.8. The van der Waals surface area contributed by atoms with E-state index in [0.717, 1.165) is 41.0 Å². The van der Waals surface area contributed by atoms with Crippen LogP contribution in [0.4, 0.5) is 10.5 Å². The molecule has 5 rings (SSSR count). The smallest absolute Gasteiger partial charge is 0.410 e. The number of carbonyl (C=O) groups excluding carboxylic acids is 1. The second-order valence-electron chi connectivity index (χ2n) is 10.8.